The summed E-state index contributed by atoms with van der Waals surface area (Å²) >= 11 is 0. The molecule has 70 valence electrons. The molecule has 1 aliphatic carbocycles. The Morgan fingerprint density at radius 3 is 2.58 bits per heavy atom. The van der Waals surface area contributed by atoms with Crippen molar-refractivity contribution in [2.75, 3.05) is 6.54 Å². The number of hydrogen-bond acceptors (Lipinski definition) is 2. The Bertz CT molecular complexity index is 173. The fraction of sp³-hybridized carbons (Fsp3) is 0.889. The van der Waals surface area contributed by atoms with Crippen LogP contribution in [0.25, 0.3) is 0 Å². The van der Waals surface area contributed by atoms with Gasteiger partial charge in [-0.1, -0.05) is 13.8 Å². The third-order valence-corrected chi connectivity index (χ3v) is 2.04. The quantitative estimate of drug-likeness (QED) is 0.653. The molecule has 12 heavy (non-hydrogen) atoms. The topological polar surface area (TPSA) is 49.3 Å². The van der Waals surface area contributed by atoms with Gasteiger partial charge in [-0.25, -0.2) is 0 Å². The number of amides is 1. The Morgan fingerprint density at radius 1 is 1.58 bits per heavy atom. The van der Waals surface area contributed by atoms with Crippen LogP contribution in [0.4, 0.5) is 0 Å². The molecule has 0 aromatic heterocycles. The highest BCUT2D eigenvalue weighted by Crippen LogP contribution is 2.33. The van der Waals surface area contributed by atoms with Crippen LogP contribution in [0, 0.1) is 5.92 Å². The lowest BCUT2D eigenvalue weighted by atomic mass is 10.1. The van der Waals surface area contributed by atoms with Crippen LogP contribution in [0.15, 0.2) is 0 Å². The minimum Gasteiger partial charge on any atom is -0.388 e. The van der Waals surface area contributed by atoms with Gasteiger partial charge in [0.25, 0.3) is 0 Å². The molecule has 1 rings (SSSR count). The zero-order chi connectivity index (χ0) is 9.19. The summed E-state index contributed by atoms with van der Waals surface area (Å²) < 4.78 is 0. The van der Waals surface area contributed by atoms with Crippen LogP contribution < -0.4 is 5.32 Å². The van der Waals surface area contributed by atoms with Gasteiger partial charge in [-0.2, -0.15) is 0 Å². The SMILES string of the molecule is CC(C)CC(=O)NCC1(O)CC1. The summed E-state index contributed by atoms with van der Waals surface area (Å²) in [5.41, 5.74) is -0.563. The van der Waals surface area contributed by atoms with E-state index < -0.39 is 5.60 Å². The lowest BCUT2D eigenvalue weighted by molar-refractivity contribution is -0.122. The van der Waals surface area contributed by atoms with Crippen LogP contribution in [-0.4, -0.2) is 23.2 Å². The van der Waals surface area contributed by atoms with E-state index in [-0.39, 0.29) is 5.91 Å². The second kappa shape index (κ2) is 3.44. The second-order valence-electron chi connectivity index (χ2n) is 4.10. The molecule has 1 saturated carbocycles. The first kappa shape index (κ1) is 9.52. The van der Waals surface area contributed by atoms with Crippen LogP contribution in [0.3, 0.4) is 0 Å². The van der Waals surface area contributed by atoms with E-state index in [0.717, 1.165) is 12.8 Å². The number of carbonyl (C=O) groups is 1. The van der Waals surface area contributed by atoms with E-state index >= 15 is 0 Å². The molecule has 0 atom stereocenters. The highest BCUT2D eigenvalue weighted by atomic mass is 16.3. The van der Waals surface area contributed by atoms with Crippen molar-refractivity contribution in [1.82, 2.24) is 5.32 Å². The number of nitrogens with one attached hydrogen (secondary N) is 1. The van der Waals surface area contributed by atoms with E-state index in [1.165, 1.54) is 0 Å². The Kier molecular flexibility index (Phi) is 2.73. The predicted octanol–water partition coefficient (Wildman–Crippen LogP) is 0.674. The van der Waals surface area contributed by atoms with E-state index in [1.54, 1.807) is 0 Å². The minimum absolute atomic E-state index is 0.0466. The molecular weight excluding hydrogens is 154 g/mol. The summed E-state index contributed by atoms with van der Waals surface area (Å²) in [4.78, 5) is 11.1. The molecule has 1 amide bonds. The molecule has 3 heteroatoms. The summed E-state index contributed by atoms with van der Waals surface area (Å²) in [6, 6.07) is 0. The largest absolute Gasteiger partial charge is 0.388 e. The summed E-state index contributed by atoms with van der Waals surface area (Å²) in [5.74, 6) is 0.434. The first-order valence-electron chi connectivity index (χ1n) is 4.51. The van der Waals surface area contributed by atoms with Gasteiger partial charge in [0.1, 0.15) is 0 Å². The number of aliphatic hydroxyl groups is 1. The van der Waals surface area contributed by atoms with E-state index in [1.807, 2.05) is 13.8 Å². The molecule has 0 aliphatic heterocycles. The van der Waals surface area contributed by atoms with Crippen molar-refractivity contribution in [3.63, 3.8) is 0 Å². The smallest absolute Gasteiger partial charge is 0.220 e. The molecule has 0 unspecified atom stereocenters. The number of hydrogen-bond donors (Lipinski definition) is 2. The lowest BCUT2D eigenvalue weighted by Crippen LogP contribution is -2.33. The highest BCUT2D eigenvalue weighted by molar-refractivity contribution is 5.76. The number of rotatable bonds is 4. The first-order chi connectivity index (χ1) is 5.52. The van der Waals surface area contributed by atoms with Crippen molar-refractivity contribution >= 4 is 5.91 Å². The van der Waals surface area contributed by atoms with Crippen molar-refractivity contribution in [2.24, 2.45) is 5.92 Å². The molecular formula is C9H17NO2. The zero-order valence-corrected chi connectivity index (χ0v) is 7.76. The van der Waals surface area contributed by atoms with Gasteiger partial charge in [0.05, 0.1) is 5.60 Å². The zero-order valence-electron chi connectivity index (χ0n) is 7.76. The van der Waals surface area contributed by atoms with Crippen molar-refractivity contribution in [3.8, 4) is 0 Å². The molecule has 2 N–H and O–H groups in total. The molecule has 0 bridgehead atoms. The molecule has 1 aliphatic rings. The maximum absolute atomic E-state index is 11.1. The maximum Gasteiger partial charge on any atom is 0.220 e. The third kappa shape index (κ3) is 3.22. The Balaban J connectivity index is 2.10. The molecule has 1 fully saturated rings. The summed E-state index contributed by atoms with van der Waals surface area (Å²) in [6.45, 7) is 4.44. The predicted molar refractivity (Wildman–Crippen MR) is 46.6 cm³/mol. The van der Waals surface area contributed by atoms with Gasteiger partial charge in [0.15, 0.2) is 0 Å². The van der Waals surface area contributed by atoms with Gasteiger partial charge in [-0.05, 0) is 18.8 Å². The fourth-order valence-corrected chi connectivity index (χ4v) is 1.03. The van der Waals surface area contributed by atoms with Crippen LogP contribution in [0.5, 0.6) is 0 Å². The minimum atomic E-state index is -0.563. The summed E-state index contributed by atoms with van der Waals surface area (Å²) in [5, 5.41) is 12.1. The summed E-state index contributed by atoms with van der Waals surface area (Å²) in [6.07, 6.45) is 2.21. The molecule has 0 radical (unpaired) electrons. The normalized spacial score (nSPS) is 19.3. The van der Waals surface area contributed by atoms with Crippen LogP contribution in [0.1, 0.15) is 33.1 Å². The molecule has 0 saturated heterocycles. The van der Waals surface area contributed by atoms with E-state index in [0.29, 0.717) is 18.9 Å². The van der Waals surface area contributed by atoms with Crippen molar-refractivity contribution in [3.05, 3.63) is 0 Å². The van der Waals surface area contributed by atoms with Crippen LogP contribution >= 0.6 is 0 Å². The van der Waals surface area contributed by atoms with E-state index in [9.17, 15) is 9.90 Å². The van der Waals surface area contributed by atoms with Crippen molar-refractivity contribution in [1.29, 1.82) is 0 Å². The standard InChI is InChI=1S/C9H17NO2/c1-7(2)5-8(11)10-6-9(12)3-4-9/h7,12H,3-6H2,1-2H3,(H,10,11). The summed E-state index contributed by atoms with van der Waals surface area (Å²) in [7, 11) is 0. The second-order valence-corrected chi connectivity index (χ2v) is 4.10. The fourth-order valence-electron chi connectivity index (χ4n) is 1.03. The maximum atomic E-state index is 11.1. The molecule has 0 aromatic rings. The monoisotopic (exact) mass is 171 g/mol. The van der Waals surface area contributed by atoms with Crippen molar-refractivity contribution in [2.45, 2.75) is 38.7 Å². The van der Waals surface area contributed by atoms with Gasteiger partial charge in [0, 0.05) is 13.0 Å². The van der Waals surface area contributed by atoms with Gasteiger partial charge in [-0.3, -0.25) is 4.79 Å². The van der Waals surface area contributed by atoms with E-state index in [4.69, 9.17) is 0 Å². The van der Waals surface area contributed by atoms with Gasteiger partial charge in [0.2, 0.25) is 5.91 Å². The number of carbonyl (C=O) groups excluding carboxylic acids is 1. The van der Waals surface area contributed by atoms with Gasteiger partial charge >= 0.3 is 0 Å². The Labute approximate surface area is 73.2 Å². The Morgan fingerprint density at radius 2 is 2.17 bits per heavy atom. The highest BCUT2D eigenvalue weighted by Gasteiger charge is 2.40. The lowest BCUT2D eigenvalue weighted by Gasteiger charge is -2.10. The van der Waals surface area contributed by atoms with Gasteiger partial charge in [-0.15, -0.1) is 0 Å². The average Bonchev–Trinajstić information content (AvgIpc) is 2.64. The molecule has 0 spiro atoms. The average molecular weight is 171 g/mol. The first-order valence-corrected chi connectivity index (χ1v) is 4.51. The van der Waals surface area contributed by atoms with Gasteiger partial charge < -0.3 is 10.4 Å². The third-order valence-electron chi connectivity index (χ3n) is 2.04. The molecule has 0 aromatic carbocycles. The Hall–Kier alpha value is -0.570. The van der Waals surface area contributed by atoms with Crippen LogP contribution in [0.2, 0.25) is 0 Å². The van der Waals surface area contributed by atoms with Crippen molar-refractivity contribution < 1.29 is 9.90 Å². The molecule has 0 heterocycles. The molecule has 3 nitrogen and oxygen atoms in total. The van der Waals surface area contributed by atoms with Crippen LogP contribution in [-0.2, 0) is 4.79 Å². The van der Waals surface area contributed by atoms with E-state index in [2.05, 4.69) is 5.32 Å².